The fraction of sp³-hybridized carbons (Fsp3) is 0.596. The van der Waals surface area contributed by atoms with E-state index in [1.54, 1.807) is 36.4 Å². The third-order valence-corrected chi connectivity index (χ3v) is 12.2. The molecule has 0 saturated carbocycles. The first kappa shape index (κ1) is 61.9. The molecule has 3 aliphatic heterocycles. The van der Waals surface area contributed by atoms with E-state index in [0.29, 0.717) is 0 Å². The summed E-state index contributed by atoms with van der Waals surface area (Å²) >= 11 is 0. The van der Waals surface area contributed by atoms with Crippen molar-refractivity contribution in [2.45, 2.75) is 160 Å². The lowest BCUT2D eigenvalue weighted by molar-refractivity contribution is -0.460. The van der Waals surface area contributed by atoms with E-state index >= 15 is 0 Å². The molecule has 77 heavy (non-hydrogen) atoms. The second-order valence-electron chi connectivity index (χ2n) is 17.3. The van der Waals surface area contributed by atoms with Gasteiger partial charge in [0.05, 0.1) is 18.8 Å². The molecule has 428 valence electrons. The highest BCUT2D eigenvalue weighted by molar-refractivity contribution is 7.49. The van der Waals surface area contributed by atoms with Gasteiger partial charge in [-0.1, -0.05) is 36.4 Å². The van der Waals surface area contributed by atoms with Crippen molar-refractivity contribution in [1.82, 2.24) is 0 Å². The summed E-state index contributed by atoms with van der Waals surface area (Å²) in [6.45, 7) is 6.06. The fourth-order valence-corrected chi connectivity index (χ4v) is 8.96. The smallest absolute Gasteiger partial charge is 0.463 e. The predicted octanol–water partition coefficient (Wildman–Crippen LogP) is 1.33. The number of carbonyl (C=O) groups is 7. The van der Waals surface area contributed by atoms with Crippen LogP contribution in [0.3, 0.4) is 0 Å². The van der Waals surface area contributed by atoms with Gasteiger partial charge in [-0.15, -0.1) is 0 Å². The quantitative estimate of drug-likeness (QED) is 0.0415. The maximum absolute atomic E-state index is 14.1. The van der Waals surface area contributed by atoms with Gasteiger partial charge in [-0.3, -0.25) is 38.4 Å². The molecule has 3 fully saturated rings. The van der Waals surface area contributed by atoms with E-state index in [0.717, 1.165) is 48.5 Å². The molecule has 0 aromatic heterocycles. The first-order valence-corrected chi connectivity index (χ1v) is 25.1. The molecule has 3 heterocycles. The van der Waals surface area contributed by atoms with Crippen LogP contribution in [0, 0.1) is 0 Å². The largest absolute Gasteiger partial charge is 0.587 e. The van der Waals surface area contributed by atoms with Crippen LogP contribution in [0.15, 0.2) is 60.7 Å². The predicted molar refractivity (Wildman–Crippen MR) is 246 cm³/mol. The number of esters is 4. The van der Waals surface area contributed by atoms with Crippen LogP contribution >= 0.6 is 7.82 Å². The molecular weight excluding hydrogens is 1060 g/mol. The minimum Gasteiger partial charge on any atom is -0.463 e. The summed E-state index contributed by atoms with van der Waals surface area (Å²) in [5.74, 6) is -6.69. The third kappa shape index (κ3) is 18.9. The average molecular weight is 1120 g/mol. The second kappa shape index (κ2) is 29.2. The Morgan fingerprint density at radius 3 is 1.44 bits per heavy atom. The average Bonchev–Trinajstić information content (AvgIpc) is 3.35. The molecular formula is C47H61O29P. The van der Waals surface area contributed by atoms with E-state index in [4.69, 9.17) is 85.5 Å². The van der Waals surface area contributed by atoms with Crippen molar-refractivity contribution in [2.24, 2.45) is 0 Å². The van der Waals surface area contributed by atoms with E-state index in [-0.39, 0.29) is 17.9 Å². The zero-order valence-corrected chi connectivity index (χ0v) is 43.6. The van der Waals surface area contributed by atoms with Crippen LogP contribution in [0.1, 0.15) is 61.8 Å². The Labute approximate surface area is 439 Å². The number of carbonyl (C=O) groups excluding carboxylic acids is 7. The fourth-order valence-electron chi connectivity index (χ4n) is 7.73. The standard InChI is InChI=1S/C47H61O29P/c1-23(19-33-37(55)39(57)38(56)34(65-33)22-61-77(58,75-31-15-11-9-12-16-31)76-32-17-13-10-14-18-32)62-46-44(64-27(5)51)42(63-26(4)50)40(35(66-46)20-59-24(2)48)68-47-45(74-71-30(8)54)43(73-70-29(7)53)41(72-69-28(6)52)36(67-47)21-60-25(3)49/h9-18,23,33-47,55-57H,19-22H2,1-8H3. The number of benzene rings is 2. The van der Waals surface area contributed by atoms with E-state index in [1.165, 1.54) is 31.2 Å². The van der Waals surface area contributed by atoms with Gasteiger partial charge in [0.15, 0.2) is 43.1 Å². The van der Waals surface area contributed by atoms with Gasteiger partial charge in [0.25, 0.3) is 0 Å². The number of rotatable bonds is 25. The van der Waals surface area contributed by atoms with Gasteiger partial charge in [-0.05, 0) is 31.2 Å². The summed E-state index contributed by atoms with van der Waals surface area (Å²) in [6.07, 6.45) is -28.2. The first-order chi connectivity index (χ1) is 36.4. The monoisotopic (exact) mass is 1120 g/mol. The van der Waals surface area contributed by atoms with Gasteiger partial charge < -0.3 is 67.0 Å². The van der Waals surface area contributed by atoms with Crippen molar-refractivity contribution >= 4 is 49.6 Å². The van der Waals surface area contributed by atoms with E-state index in [9.17, 15) is 53.4 Å². The molecule has 3 saturated heterocycles. The Bertz CT molecular complexity index is 2280. The lowest BCUT2D eigenvalue weighted by Crippen LogP contribution is -2.67. The topological polar surface area (TPSA) is 363 Å². The zero-order valence-electron chi connectivity index (χ0n) is 42.7. The highest BCUT2D eigenvalue weighted by atomic mass is 31.2. The summed E-state index contributed by atoms with van der Waals surface area (Å²) in [7, 11) is -4.57. The molecule has 0 bridgehead atoms. The maximum atomic E-state index is 14.1. The SMILES string of the molecule is CC(=O)OCC1OC(OC2C(COC(C)=O)OC(OC(C)CC3OC(COP(=O)(Oc4ccccc4)Oc4ccccc4)C(O)C(O)C3O)C(OC(C)=O)C2OC(C)=O)C(OOC(C)=O)C(OOC(C)=O)C1OOC(C)=O. The molecule has 30 heteroatoms. The van der Waals surface area contributed by atoms with Gasteiger partial charge in [-0.2, -0.15) is 14.7 Å². The lowest BCUT2D eigenvalue weighted by Gasteiger charge is -2.48. The molecule has 3 N–H and O–H groups in total. The van der Waals surface area contributed by atoms with Crippen molar-refractivity contribution in [3.8, 4) is 11.5 Å². The summed E-state index contributed by atoms with van der Waals surface area (Å²) in [4.78, 5) is 117. The molecule has 5 rings (SSSR count). The van der Waals surface area contributed by atoms with Gasteiger partial charge in [0.1, 0.15) is 67.4 Å². The second-order valence-corrected chi connectivity index (χ2v) is 18.8. The number of aliphatic hydroxyl groups excluding tert-OH is 3. The molecule has 3 aliphatic rings. The number of phosphoric acid groups is 1. The molecule has 16 unspecified atom stereocenters. The van der Waals surface area contributed by atoms with Crippen molar-refractivity contribution in [3.63, 3.8) is 0 Å². The third-order valence-electron chi connectivity index (χ3n) is 10.9. The van der Waals surface area contributed by atoms with Crippen LogP contribution in [0.4, 0.5) is 0 Å². The Kier molecular flexibility index (Phi) is 23.5. The van der Waals surface area contributed by atoms with E-state index < -0.39 is 167 Å². The molecule has 0 radical (unpaired) electrons. The highest BCUT2D eigenvalue weighted by Crippen LogP contribution is 2.50. The Balaban J connectivity index is 1.45. The van der Waals surface area contributed by atoms with E-state index in [2.05, 4.69) is 0 Å². The normalized spacial score (nSPS) is 29.6. The summed E-state index contributed by atoms with van der Waals surface area (Å²) in [5, 5.41) is 33.3. The molecule has 0 aliphatic carbocycles. The number of hydrogen-bond donors (Lipinski definition) is 3. The minimum absolute atomic E-state index is 0.0995. The van der Waals surface area contributed by atoms with Gasteiger partial charge in [0.2, 0.25) is 0 Å². The molecule has 16 atom stereocenters. The first-order valence-electron chi connectivity index (χ1n) is 23.6. The molecule has 0 spiro atoms. The molecule has 29 nitrogen and oxygen atoms in total. The van der Waals surface area contributed by atoms with Crippen LogP contribution < -0.4 is 9.05 Å². The highest BCUT2D eigenvalue weighted by Gasteiger charge is 2.58. The zero-order chi connectivity index (χ0) is 56.6. The number of hydrogen-bond acceptors (Lipinski definition) is 29. The van der Waals surface area contributed by atoms with Crippen molar-refractivity contribution < 1.29 is 139 Å². The van der Waals surface area contributed by atoms with Gasteiger partial charge in [-0.25, -0.2) is 18.9 Å². The number of aliphatic hydroxyl groups is 3. The van der Waals surface area contributed by atoms with Crippen LogP contribution in [-0.2, 0) is 115 Å². The van der Waals surface area contributed by atoms with E-state index in [1.807, 2.05) is 0 Å². The van der Waals surface area contributed by atoms with Crippen LogP contribution in [0.25, 0.3) is 0 Å². The molecule has 2 aromatic carbocycles. The summed E-state index contributed by atoms with van der Waals surface area (Å²) in [5.41, 5.74) is 0. The van der Waals surface area contributed by atoms with Crippen molar-refractivity contribution in [3.05, 3.63) is 60.7 Å². The Morgan fingerprint density at radius 1 is 0.494 bits per heavy atom. The van der Waals surface area contributed by atoms with Crippen LogP contribution in [0.5, 0.6) is 11.5 Å². The van der Waals surface area contributed by atoms with Gasteiger partial charge in [0, 0.05) is 54.9 Å². The van der Waals surface area contributed by atoms with Crippen molar-refractivity contribution in [2.75, 3.05) is 19.8 Å². The summed E-state index contributed by atoms with van der Waals surface area (Å²) < 4.78 is 83.9. The van der Waals surface area contributed by atoms with Crippen LogP contribution in [-0.4, -0.2) is 175 Å². The summed E-state index contributed by atoms with van der Waals surface area (Å²) in [6, 6.07) is 15.8. The lowest BCUT2D eigenvalue weighted by atomic mass is 9.92. The Hall–Kier alpha value is -5.92. The molecule has 2 aromatic rings. The van der Waals surface area contributed by atoms with Crippen molar-refractivity contribution in [1.29, 1.82) is 0 Å². The Morgan fingerprint density at radius 2 is 0.948 bits per heavy atom. The molecule has 0 amide bonds. The number of phosphoric ester groups is 1. The maximum Gasteiger partial charge on any atom is 0.587 e. The van der Waals surface area contributed by atoms with Gasteiger partial charge >= 0.3 is 49.6 Å². The number of para-hydroxylation sites is 2. The number of ether oxygens (including phenoxy) is 9. The van der Waals surface area contributed by atoms with Crippen LogP contribution in [0.2, 0.25) is 0 Å². The minimum atomic E-state index is -4.57.